The van der Waals surface area contributed by atoms with Gasteiger partial charge in [-0.15, -0.1) is 0 Å². The molecule has 0 unspecified atom stereocenters. The molecule has 1 aliphatic carbocycles. The SMILES string of the molecule is Cc1n[nH]c(C)c1N1CCN(CC(=O)NC2CCCCC2)CC1. The number of rotatable bonds is 4. The highest BCUT2D eigenvalue weighted by Crippen LogP contribution is 2.23. The molecule has 1 aliphatic heterocycles. The molecule has 0 bridgehead atoms. The molecular formula is C17H29N5O. The van der Waals surface area contributed by atoms with Crippen molar-refractivity contribution < 1.29 is 4.79 Å². The Bertz CT molecular complexity index is 508. The lowest BCUT2D eigenvalue weighted by Crippen LogP contribution is -2.50. The second-order valence-corrected chi connectivity index (χ2v) is 6.95. The van der Waals surface area contributed by atoms with Gasteiger partial charge in [-0.2, -0.15) is 5.10 Å². The van der Waals surface area contributed by atoms with Crippen LogP contribution in [0.15, 0.2) is 0 Å². The Morgan fingerprint density at radius 1 is 1.17 bits per heavy atom. The third-order valence-corrected chi connectivity index (χ3v) is 5.12. The third-order valence-electron chi connectivity index (χ3n) is 5.12. The first-order chi connectivity index (χ1) is 11.1. The van der Waals surface area contributed by atoms with Crippen LogP contribution in [0.2, 0.25) is 0 Å². The van der Waals surface area contributed by atoms with Crippen molar-refractivity contribution in [1.82, 2.24) is 20.4 Å². The Morgan fingerprint density at radius 3 is 2.48 bits per heavy atom. The summed E-state index contributed by atoms with van der Waals surface area (Å²) < 4.78 is 0. The summed E-state index contributed by atoms with van der Waals surface area (Å²) in [4.78, 5) is 16.9. The van der Waals surface area contributed by atoms with E-state index in [0.29, 0.717) is 12.6 Å². The number of aromatic amines is 1. The van der Waals surface area contributed by atoms with Crippen LogP contribution in [0.3, 0.4) is 0 Å². The number of nitrogens with one attached hydrogen (secondary N) is 2. The molecule has 2 heterocycles. The van der Waals surface area contributed by atoms with E-state index >= 15 is 0 Å². The Balaban J connectivity index is 1.44. The van der Waals surface area contributed by atoms with Gasteiger partial charge >= 0.3 is 0 Å². The number of carbonyl (C=O) groups excluding carboxylic acids is 1. The minimum atomic E-state index is 0.195. The molecule has 1 aromatic heterocycles. The van der Waals surface area contributed by atoms with Gasteiger partial charge < -0.3 is 10.2 Å². The molecule has 1 amide bonds. The molecule has 0 spiro atoms. The first-order valence-corrected chi connectivity index (χ1v) is 8.91. The largest absolute Gasteiger partial charge is 0.366 e. The van der Waals surface area contributed by atoms with Gasteiger partial charge in [0.25, 0.3) is 0 Å². The van der Waals surface area contributed by atoms with Crippen molar-refractivity contribution in [2.75, 3.05) is 37.6 Å². The fourth-order valence-electron chi connectivity index (χ4n) is 3.86. The molecule has 0 atom stereocenters. The average molecular weight is 319 g/mol. The minimum absolute atomic E-state index is 0.195. The number of hydrogen-bond donors (Lipinski definition) is 2. The zero-order valence-corrected chi connectivity index (χ0v) is 14.4. The fraction of sp³-hybridized carbons (Fsp3) is 0.765. The molecule has 6 nitrogen and oxygen atoms in total. The highest BCUT2D eigenvalue weighted by Gasteiger charge is 2.23. The van der Waals surface area contributed by atoms with Crippen LogP contribution < -0.4 is 10.2 Å². The summed E-state index contributed by atoms with van der Waals surface area (Å²) in [5.41, 5.74) is 3.42. The predicted octanol–water partition coefficient (Wildman–Crippen LogP) is 1.60. The van der Waals surface area contributed by atoms with Gasteiger partial charge in [0.05, 0.1) is 23.6 Å². The van der Waals surface area contributed by atoms with Crippen molar-refractivity contribution >= 4 is 11.6 Å². The monoisotopic (exact) mass is 319 g/mol. The summed E-state index contributed by atoms with van der Waals surface area (Å²) in [6, 6.07) is 0.411. The summed E-state index contributed by atoms with van der Waals surface area (Å²) in [6.07, 6.45) is 6.14. The number of aromatic nitrogens is 2. The van der Waals surface area contributed by atoms with Crippen LogP contribution in [-0.2, 0) is 4.79 Å². The Hall–Kier alpha value is -1.56. The lowest BCUT2D eigenvalue weighted by Gasteiger charge is -2.36. The van der Waals surface area contributed by atoms with E-state index in [9.17, 15) is 4.79 Å². The van der Waals surface area contributed by atoms with Crippen molar-refractivity contribution in [2.24, 2.45) is 0 Å². The number of hydrogen-bond acceptors (Lipinski definition) is 4. The summed E-state index contributed by atoms with van der Waals surface area (Å²) in [7, 11) is 0. The van der Waals surface area contributed by atoms with E-state index in [-0.39, 0.29) is 5.91 Å². The highest BCUT2D eigenvalue weighted by molar-refractivity contribution is 5.78. The van der Waals surface area contributed by atoms with Crippen molar-refractivity contribution in [3.8, 4) is 0 Å². The maximum atomic E-state index is 12.2. The van der Waals surface area contributed by atoms with Crippen LogP contribution >= 0.6 is 0 Å². The van der Waals surface area contributed by atoms with Crippen molar-refractivity contribution in [2.45, 2.75) is 52.0 Å². The summed E-state index contributed by atoms with van der Waals surface area (Å²) in [6.45, 7) is 8.43. The molecule has 2 aliphatic rings. The molecule has 6 heteroatoms. The Kier molecular flexibility index (Phi) is 5.20. The highest BCUT2D eigenvalue weighted by atomic mass is 16.2. The lowest BCUT2D eigenvalue weighted by molar-refractivity contribution is -0.123. The molecule has 0 aromatic carbocycles. The molecule has 1 saturated heterocycles. The number of nitrogens with zero attached hydrogens (tertiary/aromatic N) is 3. The second kappa shape index (κ2) is 7.34. The fourth-order valence-corrected chi connectivity index (χ4v) is 3.86. The predicted molar refractivity (Wildman–Crippen MR) is 91.7 cm³/mol. The molecule has 2 N–H and O–H groups in total. The maximum absolute atomic E-state index is 12.2. The van der Waals surface area contributed by atoms with E-state index in [1.807, 2.05) is 6.92 Å². The van der Waals surface area contributed by atoms with Crippen molar-refractivity contribution in [1.29, 1.82) is 0 Å². The van der Waals surface area contributed by atoms with Crippen LogP contribution in [0, 0.1) is 13.8 Å². The van der Waals surface area contributed by atoms with E-state index in [4.69, 9.17) is 0 Å². The first-order valence-electron chi connectivity index (χ1n) is 8.91. The van der Waals surface area contributed by atoms with Gasteiger partial charge in [-0.25, -0.2) is 0 Å². The molecular weight excluding hydrogens is 290 g/mol. The third kappa shape index (κ3) is 4.05. The van der Waals surface area contributed by atoms with E-state index in [2.05, 4.69) is 32.2 Å². The standard InChI is InChI=1S/C17H29N5O/c1-13-17(14(2)20-19-13)22-10-8-21(9-11-22)12-16(23)18-15-6-4-3-5-7-15/h15H,3-12H2,1-2H3,(H,18,23)(H,19,20). The van der Waals surface area contributed by atoms with Gasteiger partial charge in [0.15, 0.2) is 0 Å². The molecule has 23 heavy (non-hydrogen) atoms. The van der Waals surface area contributed by atoms with Gasteiger partial charge in [0.1, 0.15) is 0 Å². The molecule has 2 fully saturated rings. The van der Waals surface area contributed by atoms with Crippen molar-refractivity contribution in [3.05, 3.63) is 11.4 Å². The van der Waals surface area contributed by atoms with Crippen LogP contribution in [0.5, 0.6) is 0 Å². The number of aryl methyl sites for hydroxylation is 2. The van der Waals surface area contributed by atoms with E-state index in [1.165, 1.54) is 24.9 Å². The van der Waals surface area contributed by atoms with Gasteiger partial charge in [-0.05, 0) is 26.7 Å². The van der Waals surface area contributed by atoms with Gasteiger partial charge in [0, 0.05) is 32.2 Å². The number of H-pyrrole nitrogens is 1. The van der Waals surface area contributed by atoms with Gasteiger partial charge in [-0.3, -0.25) is 14.8 Å². The molecule has 0 radical (unpaired) electrons. The number of piperazine rings is 1. The van der Waals surface area contributed by atoms with Crippen LogP contribution in [0.4, 0.5) is 5.69 Å². The lowest BCUT2D eigenvalue weighted by atomic mass is 9.95. The summed E-state index contributed by atoms with van der Waals surface area (Å²) in [5.74, 6) is 0.195. The Morgan fingerprint density at radius 2 is 1.87 bits per heavy atom. The molecule has 128 valence electrons. The quantitative estimate of drug-likeness (QED) is 0.885. The van der Waals surface area contributed by atoms with Crippen LogP contribution in [0.1, 0.15) is 43.5 Å². The average Bonchev–Trinajstić information content (AvgIpc) is 2.88. The summed E-state index contributed by atoms with van der Waals surface area (Å²) in [5, 5.41) is 10.5. The minimum Gasteiger partial charge on any atom is -0.366 e. The van der Waals surface area contributed by atoms with Crippen LogP contribution in [0.25, 0.3) is 0 Å². The zero-order valence-electron chi connectivity index (χ0n) is 14.4. The molecule has 3 rings (SSSR count). The van der Waals surface area contributed by atoms with E-state index in [0.717, 1.165) is 50.4 Å². The number of carbonyl (C=O) groups is 1. The molecule has 1 saturated carbocycles. The second-order valence-electron chi connectivity index (χ2n) is 6.95. The summed E-state index contributed by atoms with van der Waals surface area (Å²) >= 11 is 0. The van der Waals surface area contributed by atoms with E-state index in [1.54, 1.807) is 0 Å². The van der Waals surface area contributed by atoms with Crippen LogP contribution in [-0.4, -0.2) is 59.8 Å². The Labute approximate surface area is 138 Å². The normalized spacial score (nSPS) is 20.7. The van der Waals surface area contributed by atoms with E-state index < -0.39 is 0 Å². The smallest absolute Gasteiger partial charge is 0.234 e. The van der Waals surface area contributed by atoms with Crippen molar-refractivity contribution in [3.63, 3.8) is 0 Å². The van der Waals surface area contributed by atoms with Gasteiger partial charge in [-0.1, -0.05) is 19.3 Å². The topological polar surface area (TPSA) is 64.3 Å². The first kappa shape index (κ1) is 16.3. The zero-order chi connectivity index (χ0) is 16.2. The number of anilines is 1. The maximum Gasteiger partial charge on any atom is 0.234 e. The molecule has 1 aromatic rings. The number of amides is 1. The van der Waals surface area contributed by atoms with Gasteiger partial charge in [0.2, 0.25) is 5.91 Å².